The van der Waals surface area contributed by atoms with Crippen LogP contribution in [0.15, 0.2) is 0 Å². The highest BCUT2D eigenvalue weighted by atomic mass is 32.2. The van der Waals surface area contributed by atoms with Gasteiger partial charge in [0.25, 0.3) is 0 Å². The highest BCUT2D eigenvalue weighted by Crippen LogP contribution is 2.18. The molecule has 1 fully saturated rings. The maximum Gasteiger partial charge on any atom is 0.150 e. The normalized spacial score (nSPS) is 23.7. The van der Waals surface area contributed by atoms with E-state index in [4.69, 9.17) is 4.74 Å². The highest BCUT2D eigenvalue weighted by molar-refractivity contribution is 7.91. The zero-order valence-corrected chi connectivity index (χ0v) is 12.0. The van der Waals surface area contributed by atoms with E-state index in [1.807, 2.05) is 7.05 Å². The van der Waals surface area contributed by atoms with E-state index in [-0.39, 0.29) is 0 Å². The Morgan fingerprint density at radius 2 is 2.12 bits per heavy atom. The second-order valence-electron chi connectivity index (χ2n) is 5.50. The predicted octanol–water partition coefficient (Wildman–Crippen LogP) is 1.03. The molecule has 0 saturated carbocycles. The molecule has 102 valence electrons. The predicted molar refractivity (Wildman–Crippen MR) is 69.9 cm³/mol. The molecule has 0 bridgehead atoms. The van der Waals surface area contributed by atoms with Crippen molar-refractivity contribution in [1.82, 2.24) is 4.90 Å². The molecular weight excluding hydrogens is 238 g/mol. The van der Waals surface area contributed by atoms with E-state index < -0.39 is 9.84 Å². The third-order valence-electron chi connectivity index (χ3n) is 2.97. The first-order valence-electron chi connectivity index (χ1n) is 6.36. The van der Waals surface area contributed by atoms with Gasteiger partial charge in [-0.1, -0.05) is 13.8 Å². The molecule has 17 heavy (non-hydrogen) atoms. The van der Waals surface area contributed by atoms with Crippen molar-refractivity contribution in [2.45, 2.75) is 20.3 Å². The van der Waals surface area contributed by atoms with Gasteiger partial charge >= 0.3 is 0 Å². The van der Waals surface area contributed by atoms with Crippen molar-refractivity contribution < 1.29 is 13.2 Å². The highest BCUT2D eigenvalue weighted by Gasteiger charge is 2.28. The second-order valence-corrected chi connectivity index (χ2v) is 7.73. The fourth-order valence-corrected chi connectivity index (χ4v) is 3.94. The van der Waals surface area contributed by atoms with E-state index in [1.165, 1.54) is 0 Å². The quantitative estimate of drug-likeness (QED) is 0.644. The Morgan fingerprint density at radius 3 is 2.65 bits per heavy atom. The number of rotatable bonds is 7. The number of nitrogens with zero attached hydrogens (tertiary/aromatic N) is 1. The van der Waals surface area contributed by atoms with E-state index in [9.17, 15) is 8.42 Å². The summed E-state index contributed by atoms with van der Waals surface area (Å²) in [5.41, 5.74) is 0. The van der Waals surface area contributed by atoms with Gasteiger partial charge in [-0.15, -0.1) is 0 Å². The van der Waals surface area contributed by atoms with Gasteiger partial charge in [0.05, 0.1) is 18.1 Å². The Labute approximate surface area is 105 Å². The molecule has 1 aliphatic rings. The summed E-state index contributed by atoms with van der Waals surface area (Å²) in [7, 11) is -0.704. The third kappa shape index (κ3) is 6.38. The van der Waals surface area contributed by atoms with Gasteiger partial charge in [0.2, 0.25) is 0 Å². The maximum atomic E-state index is 11.3. The number of likely N-dealkylation sites (N-methyl/N-ethyl adjacent to an activating group) is 1. The molecule has 0 spiro atoms. The summed E-state index contributed by atoms with van der Waals surface area (Å²) in [5.74, 6) is 1.62. The number of hydrogen-bond donors (Lipinski definition) is 0. The fraction of sp³-hybridized carbons (Fsp3) is 1.00. The Bertz CT molecular complexity index is 314. The zero-order chi connectivity index (χ0) is 12.9. The first-order valence-corrected chi connectivity index (χ1v) is 8.18. The van der Waals surface area contributed by atoms with Crippen molar-refractivity contribution >= 4 is 9.84 Å². The number of ether oxygens (including phenoxy) is 1. The molecule has 1 aliphatic heterocycles. The van der Waals surface area contributed by atoms with Crippen molar-refractivity contribution in [3.63, 3.8) is 0 Å². The van der Waals surface area contributed by atoms with Crippen molar-refractivity contribution in [2.24, 2.45) is 11.8 Å². The topological polar surface area (TPSA) is 46.6 Å². The van der Waals surface area contributed by atoms with E-state index in [0.717, 1.165) is 32.7 Å². The van der Waals surface area contributed by atoms with Crippen molar-refractivity contribution in [2.75, 3.05) is 44.9 Å². The first kappa shape index (κ1) is 14.9. The second kappa shape index (κ2) is 6.71. The molecule has 0 amide bonds. The average molecular weight is 263 g/mol. The van der Waals surface area contributed by atoms with Crippen LogP contribution >= 0.6 is 0 Å². The molecule has 0 N–H and O–H groups in total. The van der Waals surface area contributed by atoms with Crippen LogP contribution in [0.2, 0.25) is 0 Å². The molecule has 1 atom stereocenters. The third-order valence-corrected chi connectivity index (χ3v) is 4.80. The van der Waals surface area contributed by atoms with Crippen LogP contribution in [-0.4, -0.2) is 58.2 Å². The van der Waals surface area contributed by atoms with Crippen LogP contribution in [0.1, 0.15) is 20.3 Å². The molecule has 1 heterocycles. The molecule has 1 saturated heterocycles. The lowest BCUT2D eigenvalue weighted by Gasteiger charge is -2.20. The Balaban J connectivity index is 2.11. The van der Waals surface area contributed by atoms with Gasteiger partial charge in [0.1, 0.15) is 0 Å². The molecule has 0 aromatic rings. The van der Waals surface area contributed by atoms with Gasteiger partial charge < -0.3 is 9.64 Å². The molecule has 0 aliphatic carbocycles. The van der Waals surface area contributed by atoms with Crippen LogP contribution in [-0.2, 0) is 14.6 Å². The van der Waals surface area contributed by atoms with E-state index in [1.54, 1.807) is 0 Å². The zero-order valence-electron chi connectivity index (χ0n) is 11.2. The van der Waals surface area contributed by atoms with Crippen LogP contribution < -0.4 is 0 Å². The monoisotopic (exact) mass is 263 g/mol. The minimum Gasteiger partial charge on any atom is -0.380 e. The lowest BCUT2D eigenvalue weighted by Crippen LogP contribution is -2.29. The molecule has 4 nitrogen and oxygen atoms in total. The Kier molecular flexibility index (Phi) is 5.89. The minimum atomic E-state index is -2.74. The first-order chi connectivity index (χ1) is 7.89. The average Bonchev–Trinajstić information content (AvgIpc) is 2.52. The van der Waals surface area contributed by atoms with Crippen molar-refractivity contribution in [3.8, 4) is 0 Å². The molecule has 5 heteroatoms. The number of hydrogen-bond acceptors (Lipinski definition) is 4. The maximum absolute atomic E-state index is 11.3. The summed E-state index contributed by atoms with van der Waals surface area (Å²) >= 11 is 0. The van der Waals surface area contributed by atoms with Gasteiger partial charge in [0.15, 0.2) is 9.84 Å². The van der Waals surface area contributed by atoms with Gasteiger partial charge in [0, 0.05) is 19.7 Å². The summed E-state index contributed by atoms with van der Waals surface area (Å²) < 4.78 is 28.1. The van der Waals surface area contributed by atoms with Gasteiger partial charge in [-0.25, -0.2) is 8.42 Å². The summed E-state index contributed by atoms with van der Waals surface area (Å²) in [5, 5.41) is 0. The van der Waals surface area contributed by atoms with Crippen LogP contribution in [0.5, 0.6) is 0 Å². The van der Waals surface area contributed by atoms with Gasteiger partial charge in [-0.05, 0) is 25.3 Å². The summed E-state index contributed by atoms with van der Waals surface area (Å²) in [6, 6.07) is 0. The van der Waals surface area contributed by atoms with Crippen LogP contribution in [0.4, 0.5) is 0 Å². The van der Waals surface area contributed by atoms with E-state index >= 15 is 0 Å². The van der Waals surface area contributed by atoms with Crippen molar-refractivity contribution in [3.05, 3.63) is 0 Å². The molecule has 0 aromatic heterocycles. The molecule has 1 rings (SSSR count). The van der Waals surface area contributed by atoms with Crippen LogP contribution in [0.25, 0.3) is 0 Å². The van der Waals surface area contributed by atoms with Gasteiger partial charge in [-0.3, -0.25) is 0 Å². The molecule has 0 aromatic carbocycles. The Morgan fingerprint density at radius 1 is 1.41 bits per heavy atom. The summed E-state index contributed by atoms with van der Waals surface area (Å²) in [6.07, 6.45) is 0.819. The molecular formula is C12H25NO3S. The largest absolute Gasteiger partial charge is 0.380 e. The van der Waals surface area contributed by atoms with Crippen molar-refractivity contribution in [1.29, 1.82) is 0 Å². The fourth-order valence-electron chi connectivity index (χ4n) is 2.09. The lowest BCUT2D eigenvalue weighted by atomic mass is 10.1. The Hall–Kier alpha value is -0.130. The standard InChI is InChI=1S/C12H25NO3S/c1-11(2)9-16-6-5-13(3)8-12-4-7-17(14,15)10-12/h11-12H,4-10H2,1-3H3. The number of sulfone groups is 1. The van der Waals surface area contributed by atoms with Crippen LogP contribution in [0.3, 0.4) is 0 Å². The molecule has 0 radical (unpaired) electrons. The molecule has 1 unspecified atom stereocenters. The summed E-state index contributed by atoms with van der Waals surface area (Å²) in [6.45, 7) is 7.54. The van der Waals surface area contributed by atoms with Crippen LogP contribution in [0, 0.1) is 11.8 Å². The van der Waals surface area contributed by atoms with Gasteiger partial charge in [-0.2, -0.15) is 0 Å². The smallest absolute Gasteiger partial charge is 0.150 e. The van der Waals surface area contributed by atoms with E-state index in [2.05, 4.69) is 18.7 Å². The summed E-state index contributed by atoms with van der Waals surface area (Å²) in [4.78, 5) is 2.17. The minimum absolute atomic E-state index is 0.315. The van der Waals surface area contributed by atoms with E-state index in [0.29, 0.717) is 23.3 Å². The SMILES string of the molecule is CC(C)COCCN(C)CC1CCS(=O)(=O)C1. The lowest BCUT2D eigenvalue weighted by molar-refractivity contribution is 0.0888.